The molecule has 0 radical (unpaired) electrons. The Hall–Kier alpha value is -0.900. The second kappa shape index (κ2) is 5.99. The molecule has 0 bridgehead atoms. The number of nitrogens with one attached hydrogen (secondary N) is 1. The third-order valence-electron chi connectivity index (χ3n) is 3.10. The molecule has 0 unspecified atom stereocenters. The van der Waals surface area contributed by atoms with Crippen molar-refractivity contribution in [2.24, 2.45) is 0 Å². The Kier molecular flexibility index (Phi) is 4.34. The first-order valence-electron chi connectivity index (χ1n) is 6.05. The van der Waals surface area contributed by atoms with Crippen LogP contribution in [0.5, 0.6) is 0 Å². The van der Waals surface area contributed by atoms with Crippen molar-refractivity contribution in [2.75, 3.05) is 39.8 Å². The highest BCUT2D eigenvalue weighted by molar-refractivity contribution is 5.14. The van der Waals surface area contributed by atoms with Gasteiger partial charge < -0.3 is 4.90 Å². The zero-order valence-electron chi connectivity index (χ0n) is 10.0. The molecule has 1 aromatic carbocycles. The summed E-state index contributed by atoms with van der Waals surface area (Å²) >= 11 is 0. The molecule has 1 saturated heterocycles. The van der Waals surface area contributed by atoms with E-state index in [2.05, 4.69) is 52.7 Å². The molecule has 0 spiro atoms. The summed E-state index contributed by atoms with van der Waals surface area (Å²) in [6, 6.07) is 10.6. The molecule has 0 amide bonds. The molecule has 0 aliphatic carbocycles. The molecule has 0 saturated carbocycles. The third kappa shape index (κ3) is 3.59. The summed E-state index contributed by atoms with van der Waals surface area (Å²) < 4.78 is 0. The van der Waals surface area contributed by atoms with Gasteiger partial charge in [0.2, 0.25) is 0 Å². The number of piperazine rings is 1. The van der Waals surface area contributed by atoms with Crippen LogP contribution in [0.4, 0.5) is 0 Å². The zero-order chi connectivity index (χ0) is 11.2. The summed E-state index contributed by atoms with van der Waals surface area (Å²) in [4.78, 5) is 2.37. The van der Waals surface area contributed by atoms with Crippen LogP contribution >= 0.6 is 0 Å². The van der Waals surface area contributed by atoms with Gasteiger partial charge in [0.15, 0.2) is 0 Å². The molecule has 3 nitrogen and oxygen atoms in total. The topological polar surface area (TPSA) is 18.5 Å². The lowest BCUT2D eigenvalue weighted by Crippen LogP contribution is -2.51. The van der Waals surface area contributed by atoms with E-state index in [-0.39, 0.29) is 0 Å². The van der Waals surface area contributed by atoms with E-state index in [1.807, 2.05) is 0 Å². The second-order valence-corrected chi connectivity index (χ2v) is 4.43. The monoisotopic (exact) mass is 219 g/mol. The molecular formula is C13H21N3. The Balaban J connectivity index is 1.65. The average Bonchev–Trinajstić information content (AvgIpc) is 2.33. The summed E-state index contributed by atoms with van der Waals surface area (Å²) in [5.74, 6) is 0. The molecule has 2 rings (SSSR count). The first-order valence-corrected chi connectivity index (χ1v) is 6.05. The molecule has 0 atom stereocenters. The lowest BCUT2D eigenvalue weighted by Gasteiger charge is -2.32. The van der Waals surface area contributed by atoms with Crippen molar-refractivity contribution in [3.8, 4) is 0 Å². The average molecular weight is 219 g/mol. The van der Waals surface area contributed by atoms with Crippen LogP contribution in [0.1, 0.15) is 5.56 Å². The largest absolute Gasteiger partial charge is 0.304 e. The number of hydrogen-bond acceptors (Lipinski definition) is 3. The van der Waals surface area contributed by atoms with E-state index >= 15 is 0 Å². The van der Waals surface area contributed by atoms with Gasteiger partial charge in [0.1, 0.15) is 0 Å². The molecule has 1 aromatic rings. The van der Waals surface area contributed by atoms with Gasteiger partial charge in [0.05, 0.1) is 0 Å². The van der Waals surface area contributed by atoms with E-state index in [0.717, 1.165) is 26.1 Å². The molecular weight excluding hydrogens is 198 g/mol. The van der Waals surface area contributed by atoms with Gasteiger partial charge in [-0.05, 0) is 19.0 Å². The number of nitrogens with zero attached hydrogens (tertiary/aromatic N) is 2. The van der Waals surface area contributed by atoms with Crippen molar-refractivity contribution in [3.63, 3.8) is 0 Å². The van der Waals surface area contributed by atoms with Gasteiger partial charge in [-0.1, -0.05) is 30.3 Å². The maximum atomic E-state index is 3.50. The number of likely N-dealkylation sites (N-methyl/N-ethyl adjacent to an activating group) is 1. The Bertz CT molecular complexity index is 291. The fourth-order valence-corrected chi connectivity index (χ4v) is 1.97. The predicted molar refractivity (Wildman–Crippen MR) is 67.2 cm³/mol. The zero-order valence-corrected chi connectivity index (χ0v) is 10.0. The highest BCUT2D eigenvalue weighted by Gasteiger charge is 2.12. The van der Waals surface area contributed by atoms with Gasteiger partial charge >= 0.3 is 0 Å². The molecule has 16 heavy (non-hydrogen) atoms. The summed E-state index contributed by atoms with van der Waals surface area (Å²) in [6.07, 6.45) is 1.10. The van der Waals surface area contributed by atoms with Gasteiger partial charge in [0, 0.05) is 32.7 Å². The van der Waals surface area contributed by atoms with Crippen LogP contribution in [0, 0.1) is 0 Å². The minimum absolute atomic E-state index is 1.04. The summed E-state index contributed by atoms with van der Waals surface area (Å²) in [5.41, 5.74) is 4.90. The standard InChI is InChI=1S/C13H21N3/c1-15-9-11-16(12-10-15)14-8-7-13-5-3-2-4-6-13/h2-6,14H,7-12H2,1H3. The summed E-state index contributed by atoms with van der Waals surface area (Å²) in [6.45, 7) is 5.63. The molecule has 1 N–H and O–H groups in total. The van der Waals surface area contributed by atoms with Crippen LogP contribution in [0.25, 0.3) is 0 Å². The van der Waals surface area contributed by atoms with Crippen molar-refractivity contribution in [3.05, 3.63) is 35.9 Å². The van der Waals surface area contributed by atoms with Gasteiger partial charge in [-0.15, -0.1) is 0 Å². The van der Waals surface area contributed by atoms with E-state index in [0.29, 0.717) is 0 Å². The fraction of sp³-hybridized carbons (Fsp3) is 0.538. The number of rotatable bonds is 4. The van der Waals surface area contributed by atoms with Crippen LogP contribution in [-0.2, 0) is 6.42 Å². The quantitative estimate of drug-likeness (QED) is 0.814. The highest BCUT2D eigenvalue weighted by Crippen LogP contribution is 1.99. The van der Waals surface area contributed by atoms with Crippen LogP contribution in [0.2, 0.25) is 0 Å². The lowest BCUT2D eigenvalue weighted by atomic mass is 10.2. The SMILES string of the molecule is CN1CCN(NCCc2ccccc2)CC1. The molecule has 1 heterocycles. The summed E-state index contributed by atoms with van der Waals surface area (Å²) in [7, 11) is 2.18. The van der Waals surface area contributed by atoms with Gasteiger partial charge in [-0.25, -0.2) is 5.01 Å². The number of benzene rings is 1. The van der Waals surface area contributed by atoms with E-state index in [1.165, 1.54) is 18.7 Å². The van der Waals surface area contributed by atoms with Crippen LogP contribution in [0.15, 0.2) is 30.3 Å². The Morgan fingerprint density at radius 3 is 2.44 bits per heavy atom. The third-order valence-corrected chi connectivity index (χ3v) is 3.10. The molecule has 1 aliphatic rings. The van der Waals surface area contributed by atoms with Crippen LogP contribution in [0.3, 0.4) is 0 Å². The van der Waals surface area contributed by atoms with Crippen LogP contribution in [-0.4, -0.2) is 49.7 Å². The molecule has 1 aliphatic heterocycles. The molecule has 3 heteroatoms. The van der Waals surface area contributed by atoms with Gasteiger partial charge in [-0.3, -0.25) is 5.43 Å². The number of hydrogen-bond donors (Lipinski definition) is 1. The van der Waals surface area contributed by atoms with Crippen LogP contribution < -0.4 is 5.43 Å². The predicted octanol–water partition coefficient (Wildman–Crippen LogP) is 0.981. The first-order chi connectivity index (χ1) is 7.84. The van der Waals surface area contributed by atoms with E-state index < -0.39 is 0 Å². The minimum atomic E-state index is 1.04. The number of hydrazine groups is 1. The first kappa shape index (κ1) is 11.6. The van der Waals surface area contributed by atoms with Crippen molar-refractivity contribution < 1.29 is 0 Å². The maximum Gasteiger partial charge on any atom is 0.0259 e. The highest BCUT2D eigenvalue weighted by atomic mass is 15.5. The van der Waals surface area contributed by atoms with Gasteiger partial charge in [0.25, 0.3) is 0 Å². The Morgan fingerprint density at radius 2 is 1.75 bits per heavy atom. The fourth-order valence-electron chi connectivity index (χ4n) is 1.97. The normalized spacial score (nSPS) is 18.8. The van der Waals surface area contributed by atoms with Crippen molar-refractivity contribution in [1.29, 1.82) is 0 Å². The van der Waals surface area contributed by atoms with Gasteiger partial charge in [-0.2, -0.15) is 0 Å². The lowest BCUT2D eigenvalue weighted by molar-refractivity contribution is 0.105. The van der Waals surface area contributed by atoms with E-state index in [9.17, 15) is 0 Å². The van der Waals surface area contributed by atoms with Crippen molar-refractivity contribution in [1.82, 2.24) is 15.3 Å². The van der Waals surface area contributed by atoms with Crippen molar-refractivity contribution >= 4 is 0 Å². The summed E-state index contributed by atoms with van der Waals surface area (Å²) in [5, 5.41) is 2.34. The second-order valence-electron chi connectivity index (χ2n) is 4.43. The maximum absolute atomic E-state index is 3.50. The molecule has 88 valence electrons. The Labute approximate surface area is 98.0 Å². The molecule has 0 aromatic heterocycles. The van der Waals surface area contributed by atoms with E-state index in [1.54, 1.807) is 0 Å². The van der Waals surface area contributed by atoms with E-state index in [4.69, 9.17) is 0 Å². The van der Waals surface area contributed by atoms with Crippen molar-refractivity contribution in [2.45, 2.75) is 6.42 Å². The minimum Gasteiger partial charge on any atom is -0.304 e. The smallest absolute Gasteiger partial charge is 0.0259 e. The molecule has 1 fully saturated rings. The Morgan fingerprint density at radius 1 is 1.06 bits per heavy atom.